The Bertz CT molecular complexity index is 228. The van der Waals surface area contributed by atoms with Crippen LogP contribution in [0, 0.1) is 0 Å². The van der Waals surface area contributed by atoms with Crippen LogP contribution in [0.1, 0.15) is 6.42 Å². The molecule has 0 aliphatic carbocycles. The summed E-state index contributed by atoms with van der Waals surface area (Å²) in [5.41, 5.74) is 5.08. The highest BCUT2D eigenvalue weighted by molar-refractivity contribution is 7.80. The molecule has 16 heavy (non-hydrogen) atoms. The quantitative estimate of drug-likeness (QED) is 0.394. The summed E-state index contributed by atoms with van der Waals surface area (Å²) in [6.07, 6.45) is 0.429. The lowest BCUT2D eigenvalue weighted by atomic mass is 10.2. The molecule has 0 unspecified atom stereocenters. The Morgan fingerprint density at radius 3 is 1.94 bits per heavy atom. The molecule has 0 aromatic carbocycles. The molecular formula is C9H20N2O4S. The zero-order valence-electron chi connectivity index (χ0n) is 9.84. The third kappa shape index (κ3) is 15.7. The summed E-state index contributed by atoms with van der Waals surface area (Å²) in [6.45, 7) is 0.0694. The van der Waals surface area contributed by atoms with E-state index in [-0.39, 0.29) is 6.54 Å². The van der Waals surface area contributed by atoms with Gasteiger partial charge in [-0.1, -0.05) is 0 Å². The number of likely N-dealkylation sites (N-methyl/N-ethyl adjacent to an activating group) is 1. The molecule has 0 amide bonds. The van der Waals surface area contributed by atoms with Gasteiger partial charge in [0.05, 0.1) is 27.1 Å². The maximum absolute atomic E-state index is 9.93. The van der Waals surface area contributed by atoms with Crippen LogP contribution in [0.25, 0.3) is 0 Å². The number of hydrogen-bond donors (Lipinski definition) is 3. The number of carbonyl (C=O) groups excluding carboxylic acids is 1. The van der Waals surface area contributed by atoms with Gasteiger partial charge in [-0.15, -0.1) is 0 Å². The number of carbonyl (C=O) groups is 2. The van der Waals surface area contributed by atoms with Gasteiger partial charge in [0.1, 0.15) is 12.6 Å². The van der Waals surface area contributed by atoms with Gasteiger partial charge in [0.15, 0.2) is 0 Å². The molecule has 0 heterocycles. The van der Waals surface area contributed by atoms with Gasteiger partial charge in [-0.2, -0.15) is 12.6 Å². The van der Waals surface area contributed by atoms with Crippen LogP contribution in [0.3, 0.4) is 0 Å². The van der Waals surface area contributed by atoms with Crippen molar-refractivity contribution in [2.24, 2.45) is 5.73 Å². The topological polar surface area (TPSA) is 103 Å². The molecule has 96 valence electrons. The molecule has 0 aliphatic rings. The lowest BCUT2D eigenvalue weighted by Gasteiger charge is -2.23. The molecule has 0 spiro atoms. The minimum absolute atomic E-state index is 0.0694. The lowest BCUT2D eigenvalue weighted by molar-refractivity contribution is -0.864. The van der Waals surface area contributed by atoms with E-state index >= 15 is 0 Å². The van der Waals surface area contributed by atoms with Crippen LogP contribution in [0.4, 0.5) is 0 Å². The Morgan fingerprint density at radius 1 is 1.44 bits per heavy atom. The first-order chi connectivity index (χ1) is 7.10. The largest absolute Gasteiger partial charge is 0.544 e. The normalized spacial score (nSPS) is 12.3. The predicted octanol–water partition coefficient (Wildman–Crippen LogP) is -1.84. The van der Waals surface area contributed by atoms with Crippen LogP contribution >= 0.6 is 12.6 Å². The van der Waals surface area contributed by atoms with Crippen molar-refractivity contribution in [3.05, 3.63) is 0 Å². The number of aliphatic carboxylic acids is 2. The molecule has 6 nitrogen and oxygen atoms in total. The molecular weight excluding hydrogens is 232 g/mol. The van der Waals surface area contributed by atoms with E-state index in [1.54, 1.807) is 21.1 Å². The number of carboxylic acid groups (broad SMARTS) is 2. The minimum Gasteiger partial charge on any atom is -0.544 e. The van der Waals surface area contributed by atoms with E-state index in [9.17, 15) is 14.7 Å². The first-order valence-corrected chi connectivity index (χ1v) is 5.33. The highest BCUT2D eigenvalue weighted by Gasteiger charge is 2.08. The van der Waals surface area contributed by atoms with Gasteiger partial charge in [0.2, 0.25) is 0 Å². The number of quaternary nitrogens is 1. The van der Waals surface area contributed by atoms with Crippen molar-refractivity contribution in [2.45, 2.75) is 12.5 Å². The maximum Gasteiger partial charge on any atom is 0.320 e. The van der Waals surface area contributed by atoms with Crippen molar-refractivity contribution in [3.8, 4) is 0 Å². The zero-order chi connectivity index (χ0) is 13.4. The Labute approximate surface area is 101 Å². The molecule has 0 aromatic rings. The number of hydrogen-bond acceptors (Lipinski definition) is 5. The molecule has 0 radical (unpaired) electrons. The molecule has 0 fully saturated rings. The second kappa shape index (κ2) is 8.37. The molecule has 7 heteroatoms. The van der Waals surface area contributed by atoms with E-state index in [1.807, 2.05) is 0 Å². The van der Waals surface area contributed by atoms with E-state index in [0.717, 1.165) is 0 Å². The van der Waals surface area contributed by atoms with Crippen molar-refractivity contribution < 1.29 is 24.3 Å². The second-order valence-electron chi connectivity index (χ2n) is 4.28. The van der Waals surface area contributed by atoms with Gasteiger partial charge >= 0.3 is 5.97 Å². The van der Waals surface area contributed by atoms with Crippen molar-refractivity contribution in [3.63, 3.8) is 0 Å². The van der Waals surface area contributed by atoms with Gasteiger partial charge in [-0.3, -0.25) is 4.79 Å². The molecule has 1 atom stereocenters. The standard InChI is InChI=1S/C5H11NO2.C4H9NO2S/c1-6(2,3)4-5(7)8;5-3(1-2-8)4(6)7/h4H2,1-3H3;3,8H,1-2,5H2,(H,6,7)/t;3-/m.0/s1. The first kappa shape index (κ1) is 17.6. The number of carboxylic acids is 2. The number of thiol groups is 1. The Balaban J connectivity index is 0. The second-order valence-corrected chi connectivity index (χ2v) is 4.72. The molecule has 0 saturated carbocycles. The van der Waals surface area contributed by atoms with Crippen LogP contribution in [0.15, 0.2) is 0 Å². The van der Waals surface area contributed by atoms with E-state index < -0.39 is 18.0 Å². The maximum atomic E-state index is 9.93. The smallest absolute Gasteiger partial charge is 0.320 e. The van der Waals surface area contributed by atoms with E-state index in [1.165, 1.54) is 0 Å². The summed E-state index contributed by atoms with van der Waals surface area (Å²) >= 11 is 3.81. The van der Waals surface area contributed by atoms with Gasteiger partial charge in [0, 0.05) is 0 Å². The van der Waals surface area contributed by atoms with Crippen LogP contribution in [0.5, 0.6) is 0 Å². The summed E-state index contributed by atoms with van der Waals surface area (Å²) in [4.78, 5) is 19.8. The number of rotatable bonds is 5. The average molecular weight is 252 g/mol. The fourth-order valence-corrected chi connectivity index (χ4v) is 0.928. The fourth-order valence-electron chi connectivity index (χ4n) is 0.650. The summed E-state index contributed by atoms with van der Waals surface area (Å²) in [5.74, 6) is -1.44. The SMILES string of the molecule is C[N+](C)(C)CC(=O)[O-].N[C@@H](CCS)C(=O)O. The van der Waals surface area contributed by atoms with Gasteiger partial charge in [0.25, 0.3) is 0 Å². The lowest BCUT2D eigenvalue weighted by Crippen LogP contribution is -2.45. The Hall–Kier alpha value is -0.790. The van der Waals surface area contributed by atoms with Crippen LogP contribution in [-0.4, -0.2) is 61.0 Å². The van der Waals surface area contributed by atoms with Crippen LogP contribution in [-0.2, 0) is 9.59 Å². The Kier molecular flexibility index (Phi) is 9.21. The third-order valence-corrected chi connectivity index (χ3v) is 1.62. The van der Waals surface area contributed by atoms with E-state index in [2.05, 4.69) is 12.6 Å². The van der Waals surface area contributed by atoms with Crippen LogP contribution in [0.2, 0.25) is 0 Å². The van der Waals surface area contributed by atoms with Crippen LogP contribution < -0.4 is 10.8 Å². The molecule has 3 N–H and O–H groups in total. The van der Waals surface area contributed by atoms with Crippen molar-refractivity contribution in [1.29, 1.82) is 0 Å². The molecule has 0 saturated heterocycles. The van der Waals surface area contributed by atoms with Gasteiger partial charge in [-0.25, -0.2) is 0 Å². The van der Waals surface area contributed by atoms with Crippen molar-refractivity contribution in [2.75, 3.05) is 33.4 Å². The summed E-state index contributed by atoms with van der Waals surface area (Å²) in [6, 6.07) is -0.743. The van der Waals surface area contributed by atoms with Crippen molar-refractivity contribution >= 4 is 24.6 Å². The molecule has 0 bridgehead atoms. The predicted molar refractivity (Wildman–Crippen MR) is 62.0 cm³/mol. The Morgan fingerprint density at radius 2 is 1.88 bits per heavy atom. The van der Waals surface area contributed by atoms with E-state index in [4.69, 9.17) is 10.8 Å². The summed E-state index contributed by atoms with van der Waals surface area (Å²) in [7, 11) is 5.40. The van der Waals surface area contributed by atoms with Crippen molar-refractivity contribution in [1.82, 2.24) is 0 Å². The van der Waals surface area contributed by atoms with Gasteiger partial charge < -0.3 is 25.2 Å². The fraction of sp³-hybridized carbons (Fsp3) is 0.778. The molecule has 0 aliphatic heterocycles. The van der Waals surface area contributed by atoms with E-state index in [0.29, 0.717) is 16.7 Å². The zero-order valence-corrected chi connectivity index (χ0v) is 10.7. The average Bonchev–Trinajstić information content (AvgIpc) is 2.00. The third-order valence-electron chi connectivity index (χ3n) is 1.36. The number of nitrogens with two attached hydrogens (primary N) is 1. The first-order valence-electron chi connectivity index (χ1n) is 4.69. The summed E-state index contributed by atoms with van der Waals surface area (Å²) in [5, 5.41) is 18.0. The molecule has 0 aromatic heterocycles. The number of nitrogens with zero attached hydrogens (tertiary/aromatic N) is 1. The highest BCUT2D eigenvalue weighted by Crippen LogP contribution is 1.89. The minimum atomic E-state index is -1.00. The molecule has 0 rings (SSSR count). The highest BCUT2D eigenvalue weighted by atomic mass is 32.1. The monoisotopic (exact) mass is 252 g/mol. The van der Waals surface area contributed by atoms with Gasteiger partial charge in [-0.05, 0) is 12.2 Å². The summed E-state index contributed by atoms with van der Waals surface area (Å²) < 4.78 is 0.419.